The molecule has 1 aromatic carbocycles. The third kappa shape index (κ3) is 2.44. The van der Waals surface area contributed by atoms with Crippen molar-refractivity contribution < 1.29 is 9.50 Å². The van der Waals surface area contributed by atoms with Crippen LogP contribution in [0.1, 0.15) is 57.9 Å². The van der Waals surface area contributed by atoms with Crippen LogP contribution in [0.15, 0.2) is 30.5 Å². The second-order valence-corrected chi connectivity index (χ2v) is 10.9. The molecule has 2 N–H and O–H groups in total. The first-order chi connectivity index (χ1) is 14.4. The van der Waals surface area contributed by atoms with Gasteiger partial charge in [-0.25, -0.2) is 9.07 Å². The summed E-state index contributed by atoms with van der Waals surface area (Å²) in [5, 5.41) is 19.2. The number of nitrogens with one attached hydrogen (secondary N) is 1. The molecule has 2 heterocycles. The van der Waals surface area contributed by atoms with E-state index in [0.29, 0.717) is 17.9 Å². The fourth-order valence-electron chi connectivity index (χ4n) is 7.94. The van der Waals surface area contributed by atoms with Crippen molar-refractivity contribution >= 4 is 5.82 Å². The molecule has 2 aromatic rings. The number of rotatable bonds is 1. The van der Waals surface area contributed by atoms with E-state index in [1.54, 1.807) is 12.1 Å². The van der Waals surface area contributed by atoms with Crippen LogP contribution < -0.4 is 5.32 Å². The summed E-state index contributed by atoms with van der Waals surface area (Å²) < 4.78 is 15.3. The maximum atomic E-state index is 13.4. The van der Waals surface area contributed by atoms with Crippen LogP contribution in [0.3, 0.4) is 0 Å². The van der Waals surface area contributed by atoms with E-state index in [9.17, 15) is 9.50 Å². The third-order valence-corrected chi connectivity index (χ3v) is 9.62. The number of nitrogens with zero attached hydrogens (tertiary/aromatic N) is 2. The molecular formula is C25H32FN3O. The Morgan fingerprint density at radius 1 is 1.03 bits per heavy atom. The molecule has 30 heavy (non-hydrogen) atoms. The van der Waals surface area contributed by atoms with Crippen LogP contribution in [-0.4, -0.2) is 27.0 Å². The van der Waals surface area contributed by atoms with Crippen molar-refractivity contribution in [3.8, 4) is 5.69 Å². The van der Waals surface area contributed by atoms with Crippen molar-refractivity contribution in [2.75, 3.05) is 5.32 Å². The summed E-state index contributed by atoms with van der Waals surface area (Å²) in [5.41, 5.74) is 2.53. The van der Waals surface area contributed by atoms with Crippen LogP contribution in [0.5, 0.6) is 0 Å². The Kier molecular flexibility index (Phi) is 3.97. The molecule has 1 aromatic heterocycles. The number of halogens is 1. The summed E-state index contributed by atoms with van der Waals surface area (Å²) in [5.74, 6) is 2.97. The van der Waals surface area contributed by atoms with E-state index < -0.39 is 0 Å². The van der Waals surface area contributed by atoms with E-state index in [0.717, 1.165) is 36.7 Å². The fraction of sp³-hybridized carbons (Fsp3) is 0.640. The van der Waals surface area contributed by atoms with Gasteiger partial charge in [-0.3, -0.25) is 0 Å². The highest BCUT2D eigenvalue weighted by Gasteiger charge is 2.60. The maximum Gasteiger partial charge on any atom is 0.133 e. The molecule has 7 atom stereocenters. The zero-order valence-electron chi connectivity index (χ0n) is 17.9. The van der Waals surface area contributed by atoms with Crippen molar-refractivity contribution in [2.24, 2.45) is 28.6 Å². The molecule has 0 spiro atoms. The minimum atomic E-state index is -0.222. The zero-order valence-corrected chi connectivity index (χ0v) is 17.9. The Morgan fingerprint density at radius 2 is 1.80 bits per heavy atom. The summed E-state index contributed by atoms with van der Waals surface area (Å²) >= 11 is 0. The predicted molar refractivity (Wildman–Crippen MR) is 115 cm³/mol. The van der Waals surface area contributed by atoms with E-state index in [2.05, 4.69) is 24.3 Å². The first-order valence-electron chi connectivity index (χ1n) is 11.7. The van der Waals surface area contributed by atoms with Gasteiger partial charge >= 0.3 is 0 Å². The standard InChI is InChI=1S/C25H32FN3O/c1-24-12-11-20-18(19(24)8-10-22(24)30)7-9-21-25(20,2)13-15-14-27-29(23(15)28-21)17-5-3-16(26)4-6-17/h3-6,14,18-22,28,30H,7-13H2,1-2H3/t18-,19-,20-,21+,22-,24-,25+/m0/s1. The molecule has 0 radical (unpaired) electrons. The molecule has 5 heteroatoms. The van der Waals surface area contributed by atoms with Gasteiger partial charge in [-0.2, -0.15) is 5.10 Å². The van der Waals surface area contributed by atoms with Gasteiger partial charge in [-0.1, -0.05) is 13.8 Å². The fourth-order valence-corrected chi connectivity index (χ4v) is 7.94. The van der Waals surface area contributed by atoms with Gasteiger partial charge in [0, 0.05) is 11.6 Å². The number of aromatic nitrogens is 2. The van der Waals surface area contributed by atoms with Gasteiger partial charge in [0.25, 0.3) is 0 Å². The molecule has 0 bridgehead atoms. The molecule has 0 saturated heterocycles. The Labute approximate surface area is 177 Å². The molecule has 3 aliphatic carbocycles. The molecule has 160 valence electrons. The number of anilines is 1. The lowest BCUT2D eigenvalue weighted by Crippen LogP contribution is -2.58. The van der Waals surface area contributed by atoms with Crippen molar-refractivity contribution in [3.05, 3.63) is 41.8 Å². The van der Waals surface area contributed by atoms with Crippen LogP contribution >= 0.6 is 0 Å². The van der Waals surface area contributed by atoms with Gasteiger partial charge in [0.15, 0.2) is 0 Å². The first-order valence-corrected chi connectivity index (χ1v) is 11.7. The van der Waals surface area contributed by atoms with Crippen molar-refractivity contribution in [3.63, 3.8) is 0 Å². The number of benzene rings is 1. The summed E-state index contributed by atoms with van der Waals surface area (Å²) in [6, 6.07) is 7.02. The minimum Gasteiger partial charge on any atom is -0.393 e. The van der Waals surface area contributed by atoms with Crippen molar-refractivity contribution in [2.45, 2.75) is 70.9 Å². The molecule has 4 aliphatic rings. The number of hydrogen-bond donors (Lipinski definition) is 2. The largest absolute Gasteiger partial charge is 0.393 e. The molecule has 1 aliphatic heterocycles. The van der Waals surface area contributed by atoms with E-state index in [4.69, 9.17) is 0 Å². The summed E-state index contributed by atoms with van der Waals surface area (Å²) in [4.78, 5) is 0. The van der Waals surface area contributed by atoms with Gasteiger partial charge in [-0.15, -0.1) is 0 Å². The molecule has 6 rings (SSSR count). The lowest BCUT2D eigenvalue weighted by Gasteiger charge is -2.60. The topological polar surface area (TPSA) is 50.1 Å². The first kappa shape index (κ1) is 18.9. The highest BCUT2D eigenvalue weighted by Crippen LogP contribution is 2.64. The number of aliphatic hydroxyl groups is 1. The summed E-state index contributed by atoms with van der Waals surface area (Å²) in [7, 11) is 0. The predicted octanol–water partition coefficient (Wildman–Crippen LogP) is 4.95. The lowest BCUT2D eigenvalue weighted by molar-refractivity contribution is -0.0914. The molecule has 3 fully saturated rings. The average molecular weight is 410 g/mol. The van der Waals surface area contributed by atoms with Gasteiger partial charge in [0.1, 0.15) is 11.6 Å². The summed E-state index contributed by atoms with van der Waals surface area (Å²) in [6.07, 6.45) is 9.93. The van der Waals surface area contributed by atoms with Crippen LogP contribution in [0.4, 0.5) is 10.2 Å². The quantitative estimate of drug-likeness (QED) is 0.701. The number of fused-ring (bicyclic) bond motifs is 6. The summed E-state index contributed by atoms with van der Waals surface area (Å²) in [6.45, 7) is 4.84. The maximum absolute atomic E-state index is 13.4. The van der Waals surface area contributed by atoms with Crippen LogP contribution in [-0.2, 0) is 6.42 Å². The minimum absolute atomic E-state index is 0.112. The molecule has 0 amide bonds. The van der Waals surface area contributed by atoms with E-state index in [-0.39, 0.29) is 22.8 Å². The zero-order chi connectivity index (χ0) is 20.7. The van der Waals surface area contributed by atoms with Crippen molar-refractivity contribution in [1.29, 1.82) is 0 Å². The van der Waals surface area contributed by atoms with Gasteiger partial charge < -0.3 is 10.4 Å². The molecule has 4 nitrogen and oxygen atoms in total. The average Bonchev–Trinajstić information content (AvgIpc) is 3.27. The second kappa shape index (κ2) is 6.32. The van der Waals surface area contributed by atoms with Crippen LogP contribution in [0.2, 0.25) is 0 Å². The van der Waals surface area contributed by atoms with E-state index in [1.807, 2.05) is 10.9 Å². The highest BCUT2D eigenvalue weighted by molar-refractivity contribution is 5.54. The Hall–Kier alpha value is -1.88. The Morgan fingerprint density at radius 3 is 2.60 bits per heavy atom. The highest BCUT2D eigenvalue weighted by atomic mass is 19.1. The third-order valence-electron chi connectivity index (χ3n) is 9.62. The van der Waals surface area contributed by atoms with E-state index in [1.165, 1.54) is 43.4 Å². The van der Waals surface area contributed by atoms with Crippen LogP contribution in [0.25, 0.3) is 5.69 Å². The molecule has 0 unspecified atom stereocenters. The number of hydrogen-bond acceptors (Lipinski definition) is 3. The monoisotopic (exact) mass is 409 g/mol. The molecule has 3 saturated carbocycles. The van der Waals surface area contributed by atoms with Crippen LogP contribution in [0, 0.1) is 34.4 Å². The van der Waals surface area contributed by atoms with Gasteiger partial charge in [-0.05, 0) is 97.8 Å². The normalized spacial score (nSPS) is 41.9. The SMILES string of the molecule is C[C@]12Cc3cnn(-c4ccc(F)cc4)c3N[C@@H]1CC[C@@H]1[C@@H]2CC[C@]2(C)[C@@H](O)CC[C@@H]12. The lowest BCUT2D eigenvalue weighted by atomic mass is 9.47. The number of aliphatic hydroxyl groups excluding tert-OH is 1. The van der Waals surface area contributed by atoms with Gasteiger partial charge in [0.2, 0.25) is 0 Å². The Balaban J connectivity index is 1.33. The second-order valence-electron chi connectivity index (χ2n) is 10.9. The van der Waals surface area contributed by atoms with Gasteiger partial charge in [0.05, 0.1) is 18.0 Å². The smallest absolute Gasteiger partial charge is 0.133 e. The van der Waals surface area contributed by atoms with E-state index >= 15 is 0 Å². The molecular weight excluding hydrogens is 377 g/mol. The Bertz CT molecular complexity index is 971. The van der Waals surface area contributed by atoms with Crippen molar-refractivity contribution in [1.82, 2.24) is 9.78 Å².